The Morgan fingerprint density at radius 3 is 2.69 bits per heavy atom. The largest absolute Gasteiger partial charge is 0.147 e. The molecule has 0 bridgehead atoms. The van der Waals surface area contributed by atoms with Crippen LogP contribution in [0.5, 0.6) is 0 Å². The predicted molar refractivity (Wildman–Crippen MR) is 78.3 cm³/mol. The molecule has 0 aromatic carbocycles. The van der Waals surface area contributed by atoms with Crippen LogP contribution in [0.3, 0.4) is 0 Å². The lowest BCUT2D eigenvalue weighted by atomic mass is 10.1. The molecule has 16 heavy (non-hydrogen) atoms. The molecule has 0 radical (unpaired) electrons. The molecule has 0 aliphatic rings. The predicted octanol–water partition coefficient (Wildman–Crippen LogP) is 5.47. The van der Waals surface area contributed by atoms with E-state index in [2.05, 4.69) is 54.2 Å². The zero-order valence-corrected chi connectivity index (χ0v) is 12.9. The van der Waals surface area contributed by atoms with Crippen molar-refractivity contribution >= 4 is 38.6 Å². The van der Waals surface area contributed by atoms with Gasteiger partial charge in [0.1, 0.15) is 0 Å². The van der Waals surface area contributed by atoms with Gasteiger partial charge in [0.15, 0.2) is 0 Å². The summed E-state index contributed by atoms with van der Waals surface area (Å²) in [6, 6.07) is 4.54. The minimum atomic E-state index is 0.368. The van der Waals surface area contributed by atoms with Crippen molar-refractivity contribution in [2.75, 3.05) is 0 Å². The number of hydrogen-bond donors (Lipinski definition) is 0. The van der Waals surface area contributed by atoms with Crippen molar-refractivity contribution in [2.45, 2.75) is 32.0 Å². The highest BCUT2D eigenvalue weighted by Gasteiger charge is 2.18. The van der Waals surface area contributed by atoms with Crippen LogP contribution in [0.1, 0.15) is 37.5 Å². The van der Waals surface area contributed by atoms with Gasteiger partial charge in [0.25, 0.3) is 0 Å². The smallest absolute Gasteiger partial charge is 0.0751 e. The van der Waals surface area contributed by atoms with Gasteiger partial charge >= 0.3 is 0 Å². The van der Waals surface area contributed by atoms with Crippen LogP contribution in [0.15, 0.2) is 17.5 Å². The minimum absolute atomic E-state index is 0.368. The second-order valence-corrected chi connectivity index (χ2v) is 7.22. The van der Waals surface area contributed by atoms with E-state index in [9.17, 15) is 0 Å². The van der Waals surface area contributed by atoms with E-state index in [1.165, 1.54) is 25.8 Å². The second-order valence-electron chi connectivity index (χ2n) is 3.89. The molecule has 2 heterocycles. The topological polar surface area (TPSA) is 0 Å². The standard InChI is InChI=1S/C13H15BrS2/c1-4-10-5-6-15-13(10)12(14)11-7-8(2)16-9(11)3/h5-7,12H,4H2,1-3H3. The molecule has 0 aliphatic carbocycles. The average molecular weight is 315 g/mol. The first-order valence-electron chi connectivity index (χ1n) is 5.40. The number of rotatable bonds is 3. The van der Waals surface area contributed by atoms with Gasteiger partial charge in [-0.1, -0.05) is 22.9 Å². The first-order chi connectivity index (χ1) is 7.63. The first-order valence-corrected chi connectivity index (χ1v) is 8.02. The van der Waals surface area contributed by atoms with E-state index in [0.717, 1.165) is 6.42 Å². The van der Waals surface area contributed by atoms with Crippen LogP contribution >= 0.6 is 38.6 Å². The fraction of sp³-hybridized carbons (Fsp3) is 0.385. The Kier molecular flexibility index (Phi) is 3.88. The van der Waals surface area contributed by atoms with Gasteiger partial charge in [-0.05, 0) is 48.9 Å². The van der Waals surface area contributed by atoms with Gasteiger partial charge in [-0.3, -0.25) is 0 Å². The molecular formula is C13H15BrS2. The van der Waals surface area contributed by atoms with E-state index in [0.29, 0.717) is 4.83 Å². The van der Waals surface area contributed by atoms with Crippen LogP contribution in [-0.2, 0) is 6.42 Å². The van der Waals surface area contributed by atoms with Crippen LogP contribution in [0, 0.1) is 13.8 Å². The maximum absolute atomic E-state index is 3.85. The van der Waals surface area contributed by atoms with Gasteiger partial charge in [0, 0.05) is 14.6 Å². The maximum Gasteiger partial charge on any atom is 0.0751 e. The quantitative estimate of drug-likeness (QED) is 0.659. The van der Waals surface area contributed by atoms with E-state index in [1.807, 2.05) is 22.7 Å². The Bertz CT molecular complexity index is 482. The summed E-state index contributed by atoms with van der Waals surface area (Å²) in [6.45, 7) is 6.60. The van der Waals surface area contributed by atoms with Crippen LogP contribution < -0.4 is 0 Å². The molecule has 0 saturated carbocycles. The number of aryl methyl sites for hydroxylation is 3. The van der Waals surface area contributed by atoms with Crippen molar-refractivity contribution in [3.05, 3.63) is 43.3 Å². The average Bonchev–Trinajstić information content (AvgIpc) is 2.83. The van der Waals surface area contributed by atoms with E-state index < -0.39 is 0 Å². The molecule has 0 fully saturated rings. The second kappa shape index (κ2) is 5.03. The fourth-order valence-electron chi connectivity index (χ4n) is 1.91. The van der Waals surface area contributed by atoms with Crippen LogP contribution in [-0.4, -0.2) is 0 Å². The van der Waals surface area contributed by atoms with Gasteiger partial charge in [-0.25, -0.2) is 0 Å². The van der Waals surface area contributed by atoms with Crippen LogP contribution in [0.25, 0.3) is 0 Å². The SMILES string of the molecule is CCc1ccsc1C(Br)c1cc(C)sc1C. The van der Waals surface area contributed by atoms with E-state index in [-0.39, 0.29) is 0 Å². The lowest BCUT2D eigenvalue weighted by Gasteiger charge is -2.09. The summed E-state index contributed by atoms with van der Waals surface area (Å²) >= 11 is 7.58. The van der Waals surface area contributed by atoms with Gasteiger partial charge < -0.3 is 0 Å². The Balaban J connectivity index is 2.38. The van der Waals surface area contributed by atoms with Crippen molar-refractivity contribution in [3.8, 4) is 0 Å². The van der Waals surface area contributed by atoms with E-state index in [4.69, 9.17) is 0 Å². The Labute approximate surface area is 113 Å². The van der Waals surface area contributed by atoms with Crippen molar-refractivity contribution in [1.82, 2.24) is 0 Å². The van der Waals surface area contributed by atoms with Gasteiger partial charge in [0.2, 0.25) is 0 Å². The highest BCUT2D eigenvalue weighted by molar-refractivity contribution is 9.09. The van der Waals surface area contributed by atoms with E-state index >= 15 is 0 Å². The molecule has 2 aromatic rings. The Hall–Kier alpha value is -0.120. The summed E-state index contributed by atoms with van der Waals surface area (Å²) in [4.78, 5) is 4.65. The zero-order chi connectivity index (χ0) is 11.7. The molecule has 1 atom stereocenters. The molecule has 86 valence electrons. The molecule has 3 heteroatoms. The zero-order valence-electron chi connectivity index (χ0n) is 9.71. The normalized spacial score (nSPS) is 13.0. The third-order valence-electron chi connectivity index (χ3n) is 2.74. The lowest BCUT2D eigenvalue weighted by molar-refractivity contribution is 1.09. The summed E-state index contributed by atoms with van der Waals surface area (Å²) < 4.78 is 0. The van der Waals surface area contributed by atoms with Gasteiger partial charge in [-0.15, -0.1) is 22.7 Å². The minimum Gasteiger partial charge on any atom is -0.147 e. The molecule has 0 aliphatic heterocycles. The number of thiophene rings is 2. The number of halogens is 1. The molecule has 2 rings (SSSR count). The van der Waals surface area contributed by atoms with Crippen molar-refractivity contribution < 1.29 is 0 Å². The molecule has 0 nitrogen and oxygen atoms in total. The van der Waals surface area contributed by atoms with E-state index in [1.54, 1.807) is 0 Å². The molecule has 1 unspecified atom stereocenters. The summed E-state index contributed by atoms with van der Waals surface area (Å²) in [5.74, 6) is 0. The summed E-state index contributed by atoms with van der Waals surface area (Å²) in [5, 5.41) is 2.19. The molecule has 0 N–H and O–H groups in total. The summed E-state index contributed by atoms with van der Waals surface area (Å²) in [6.07, 6.45) is 1.11. The van der Waals surface area contributed by atoms with Gasteiger partial charge in [0.05, 0.1) is 4.83 Å². The van der Waals surface area contributed by atoms with Crippen LogP contribution in [0.2, 0.25) is 0 Å². The molecule has 0 saturated heterocycles. The Morgan fingerprint density at radius 1 is 1.38 bits per heavy atom. The first kappa shape index (κ1) is 12.3. The monoisotopic (exact) mass is 314 g/mol. The van der Waals surface area contributed by atoms with Crippen molar-refractivity contribution in [3.63, 3.8) is 0 Å². The van der Waals surface area contributed by atoms with Gasteiger partial charge in [-0.2, -0.15) is 0 Å². The molecular weight excluding hydrogens is 300 g/mol. The molecule has 2 aromatic heterocycles. The highest BCUT2D eigenvalue weighted by Crippen LogP contribution is 2.40. The van der Waals surface area contributed by atoms with Crippen molar-refractivity contribution in [2.24, 2.45) is 0 Å². The summed E-state index contributed by atoms with van der Waals surface area (Å²) in [5.41, 5.74) is 2.90. The third-order valence-corrected chi connectivity index (χ3v) is 6.00. The van der Waals surface area contributed by atoms with Crippen LogP contribution in [0.4, 0.5) is 0 Å². The third kappa shape index (κ3) is 2.27. The lowest BCUT2D eigenvalue weighted by Crippen LogP contribution is -1.93. The number of hydrogen-bond acceptors (Lipinski definition) is 2. The molecule has 0 spiro atoms. The number of alkyl halides is 1. The fourth-order valence-corrected chi connectivity index (χ4v) is 5.10. The Morgan fingerprint density at radius 2 is 2.12 bits per heavy atom. The summed E-state index contributed by atoms with van der Waals surface area (Å²) in [7, 11) is 0. The maximum atomic E-state index is 3.85. The molecule has 0 amide bonds. The highest BCUT2D eigenvalue weighted by atomic mass is 79.9. The van der Waals surface area contributed by atoms with Crippen molar-refractivity contribution in [1.29, 1.82) is 0 Å².